The van der Waals surface area contributed by atoms with Crippen LogP contribution in [0.4, 0.5) is 0 Å². The normalized spacial score (nSPS) is 15.7. The molecule has 25 heavy (non-hydrogen) atoms. The molecule has 0 saturated heterocycles. The van der Waals surface area contributed by atoms with E-state index in [4.69, 9.17) is 27.6 Å². The summed E-state index contributed by atoms with van der Waals surface area (Å²) >= 11 is 11.9. The third kappa shape index (κ3) is 3.34. The van der Waals surface area contributed by atoms with Gasteiger partial charge < -0.3 is 14.3 Å². The molecule has 128 valence electrons. The highest BCUT2D eigenvalue weighted by molar-refractivity contribution is 6.42. The number of hydrogen-bond donors (Lipinski definition) is 1. The van der Waals surface area contributed by atoms with E-state index in [-0.39, 0.29) is 17.0 Å². The van der Waals surface area contributed by atoms with E-state index in [0.717, 1.165) is 5.56 Å². The lowest BCUT2D eigenvalue weighted by Crippen LogP contribution is -2.11. The number of aliphatic imine (C=N–C) groups is 1. The summed E-state index contributed by atoms with van der Waals surface area (Å²) in [6.45, 7) is 1.62. The molecular formula is C18H13Cl2NO4. The van der Waals surface area contributed by atoms with E-state index < -0.39 is 5.97 Å². The second kappa shape index (κ2) is 6.78. The second-order valence-corrected chi connectivity index (χ2v) is 6.09. The fraction of sp³-hybridized carbons (Fsp3) is 0.111. The lowest BCUT2D eigenvalue weighted by atomic mass is 10.1. The van der Waals surface area contributed by atoms with E-state index in [9.17, 15) is 9.90 Å². The van der Waals surface area contributed by atoms with Gasteiger partial charge in [-0.1, -0.05) is 23.2 Å². The molecule has 0 spiro atoms. The van der Waals surface area contributed by atoms with E-state index in [0.29, 0.717) is 27.3 Å². The number of rotatable bonds is 3. The van der Waals surface area contributed by atoms with Crippen LogP contribution in [0.1, 0.15) is 12.7 Å². The van der Waals surface area contributed by atoms with Crippen molar-refractivity contribution in [1.82, 2.24) is 0 Å². The molecule has 2 heterocycles. The smallest absolute Gasteiger partial charge is 0.343 e. The van der Waals surface area contributed by atoms with E-state index in [1.807, 2.05) is 0 Å². The Morgan fingerprint density at radius 1 is 1.24 bits per heavy atom. The maximum Gasteiger partial charge on any atom is 0.343 e. The minimum absolute atomic E-state index is 0.0463. The molecule has 1 aliphatic rings. The average molecular weight is 378 g/mol. The van der Waals surface area contributed by atoms with Gasteiger partial charge in [0, 0.05) is 11.6 Å². The van der Waals surface area contributed by atoms with E-state index in [2.05, 4.69) is 9.73 Å². The van der Waals surface area contributed by atoms with Gasteiger partial charge in [-0.2, -0.15) is 0 Å². The Morgan fingerprint density at radius 3 is 2.68 bits per heavy atom. The first-order valence-electron chi connectivity index (χ1n) is 7.25. The Hall–Kier alpha value is -2.50. The molecule has 1 N–H and O–H groups in total. The van der Waals surface area contributed by atoms with Crippen molar-refractivity contribution in [3.63, 3.8) is 0 Å². The summed E-state index contributed by atoms with van der Waals surface area (Å²) in [5.41, 5.74) is 1.42. The molecule has 0 atom stereocenters. The number of hydrogen-bond acceptors (Lipinski definition) is 5. The van der Waals surface area contributed by atoms with Crippen molar-refractivity contribution in [2.24, 2.45) is 4.99 Å². The number of furan rings is 1. The van der Waals surface area contributed by atoms with E-state index in [1.54, 1.807) is 37.3 Å². The third-order valence-corrected chi connectivity index (χ3v) is 4.37. The highest BCUT2D eigenvalue weighted by Crippen LogP contribution is 2.31. The lowest BCUT2D eigenvalue weighted by Gasteiger charge is -2.00. The lowest BCUT2D eigenvalue weighted by molar-refractivity contribution is -0.135. The number of nitrogens with zero attached hydrogens (tertiary/aromatic N) is 1. The van der Waals surface area contributed by atoms with Crippen molar-refractivity contribution < 1.29 is 19.1 Å². The molecule has 1 aromatic heterocycles. The molecule has 0 amide bonds. The minimum Gasteiger partial charge on any atom is -0.505 e. The van der Waals surface area contributed by atoms with Gasteiger partial charge in [-0.05, 0) is 37.3 Å². The maximum absolute atomic E-state index is 11.7. The molecule has 0 aliphatic carbocycles. The molecule has 0 unspecified atom stereocenters. The first-order chi connectivity index (χ1) is 11.9. The van der Waals surface area contributed by atoms with Gasteiger partial charge >= 0.3 is 5.97 Å². The van der Waals surface area contributed by atoms with Crippen molar-refractivity contribution in [3.05, 3.63) is 63.2 Å². The van der Waals surface area contributed by atoms with E-state index in [1.165, 1.54) is 13.2 Å². The number of carbonyl (C=O) groups is 1. The summed E-state index contributed by atoms with van der Waals surface area (Å²) < 4.78 is 10.4. The highest BCUT2D eigenvalue weighted by Gasteiger charge is 2.27. The Labute approximate surface area is 153 Å². The molecule has 5 nitrogen and oxygen atoms in total. The van der Waals surface area contributed by atoms with Gasteiger partial charge in [-0.15, -0.1) is 0 Å². The van der Waals surface area contributed by atoms with Crippen molar-refractivity contribution in [3.8, 4) is 11.3 Å². The zero-order chi connectivity index (χ0) is 18.1. The largest absolute Gasteiger partial charge is 0.505 e. The molecule has 0 fully saturated rings. The maximum atomic E-state index is 11.7. The summed E-state index contributed by atoms with van der Waals surface area (Å²) in [5.74, 6) is 0.168. The summed E-state index contributed by atoms with van der Waals surface area (Å²) in [6.07, 6.45) is 1.54. The Kier molecular flexibility index (Phi) is 4.70. The Morgan fingerprint density at radius 2 is 2.00 bits per heavy atom. The molecular weight excluding hydrogens is 365 g/mol. The monoisotopic (exact) mass is 377 g/mol. The quantitative estimate of drug-likeness (QED) is 0.759. The predicted molar refractivity (Wildman–Crippen MR) is 96.9 cm³/mol. The summed E-state index contributed by atoms with van der Waals surface area (Å²) in [5, 5.41) is 11.1. The number of methoxy groups -OCH3 is 1. The van der Waals surface area contributed by atoms with Crippen LogP contribution in [0.15, 0.2) is 56.8 Å². The molecule has 3 rings (SSSR count). The fourth-order valence-corrected chi connectivity index (χ4v) is 2.70. The molecule has 0 saturated carbocycles. The predicted octanol–water partition coefficient (Wildman–Crippen LogP) is 5.05. The van der Waals surface area contributed by atoms with Gasteiger partial charge in [0.1, 0.15) is 22.8 Å². The van der Waals surface area contributed by atoms with Gasteiger partial charge in [0.05, 0.1) is 22.9 Å². The summed E-state index contributed by atoms with van der Waals surface area (Å²) in [4.78, 5) is 15.9. The third-order valence-electron chi connectivity index (χ3n) is 3.63. The van der Waals surface area contributed by atoms with Gasteiger partial charge in [-0.3, -0.25) is 0 Å². The molecule has 7 heteroatoms. The zero-order valence-electron chi connectivity index (χ0n) is 13.3. The topological polar surface area (TPSA) is 72.0 Å². The first-order valence-corrected chi connectivity index (χ1v) is 8.01. The molecule has 1 aromatic carbocycles. The van der Waals surface area contributed by atoms with Crippen LogP contribution in [0.5, 0.6) is 0 Å². The number of aliphatic hydroxyl groups excluding tert-OH is 1. The van der Waals surface area contributed by atoms with Crippen LogP contribution < -0.4 is 0 Å². The van der Waals surface area contributed by atoms with E-state index >= 15 is 0 Å². The van der Waals surface area contributed by atoms with Crippen LogP contribution in [-0.2, 0) is 9.53 Å². The number of esters is 1. The highest BCUT2D eigenvalue weighted by atomic mass is 35.5. The van der Waals surface area contributed by atoms with Crippen molar-refractivity contribution in [2.75, 3.05) is 7.11 Å². The molecule has 2 aromatic rings. The first kappa shape index (κ1) is 17.3. The molecule has 0 radical (unpaired) electrons. The Bertz CT molecular complexity index is 954. The molecule has 1 aliphatic heterocycles. The standard InChI is InChI=1S/C18H13Cl2NO4/c1-9-16(18(23)24-2)17(22)14(21-9)8-11-4-6-15(25-11)10-3-5-12(19)13(20)7-10/h3-8,22H,1-2H3/b14-8+. The van der Waals surface area contributed by atoms with Crippen LogP contribution in [0, 0.1) is 0 Å². The Balaban J connectivity index is 1.93. The molecule has 0 bridgehead atoms. The second-order valence-electron chi connectivity index (χ2n) is 5.27. The van der Waals surface area contributed by atoms with Gasteiger partial charge in [0.15, 0.2) is 5.76 Å². The average Bonchev–Trinajstić information content (AvgIpc) is 3.15. The van der Waals surface area contributed by atoms with Gasteiger partial charge in [0.25, 0.3) is 0 Å². The van der Waals surface area contributed by atoms with Gasteiger partial charge in [-0.25, -0.2) is 9.79 Å². The number of benzene rings is 1. The van der Waals surface area contributed by atoms with Crippen molar-refractivity contribution >= 4 is 41.0 Å². The van der Waals surface area contributed by atoms with Crippen LogP contribution in [0.25, 0.3) is 17.4 Å². The number of aliphatic hydroxyl groups is 1. The summed E-state index contributed by atoms with van der Waals surface area (Å²) in [7, 11) is 1.24. The number of carbonyl (C=O) groups excluding carboxylic acids is 1. The van der Waals surface area contributed by atoms with Crippen LogP contribution in [0.2, 0.25) is 10.0 Å². The van der Waals surface area contributed by atoms with Crippen molar-refractivity contribution in [1.29, 1.82) is 0 Å². The van der Waals surface area contributed by atoms with Crippen LogP contribution >= 0.6 is 23.2 Å². The van der Waals surface area contributed by atoms with Gasteiger partial charge in [0.2, 0.25) is 0 Å². The SMILES string of the molecule is COC(=O)C1=C(O)/C(=C\c2ccc(-c3ccc(Cl)c(Cl)c3)o2)N=C1C. The van der Waals surface area contributed by atoms with Crippen LogP contribution in [-0.4, -0.2) is 23.9 Å². The number of ether oxygens (including phenoxy) is 1. The minimum atomic E-state index is -0.641. The summed E-state index contributed by atoms with van der Waals surface area (Å²) in [6, 6.07) is 8.65. The number of halogens is 2. The fourth-order valence-electron chi connectivity index (χ4n) is 2.41. The zero-order valence-corrected chi connectivity index (χ0v) is 14.9. The van der Waals surface area contributed by atoms with Crippen LogP contribution in [0.3, 0.4) is 0 Å². The van der Waals surface area contributed by atoms with Crippen molar-refractivity contribution in [2.45, 2.75) is 6.92 Å².